The van der Waals surface area contributed by atoms with Gasteiger partial charge in [0.2, 0.25) is 0 Å². The molecule has 2 heteroatoms. The van der Waals surface area contributed by atoms with Crippen molar-refractivity contribution >= 4 is 31.9 Å². The van der Waals surface area contributed by atoms with Crippen molar-refractivity contribution < 1.29 is 0 Å². The third-order valence-electron chi connectivity index (χ3n) is 7.97. The molecule has 0 unspecified atom stereocenters. The minimum Gasteiger partial charge on any atom is -0.0928 e. The first-order chi connectivity index (χ1) is 18.8. The molecule has 0 nitrogen and oxygen atoms in total. The molecular formula is C36H74Br2. The minimum absolute atomic E-state index is 1.19. The summed E-state index contributed by atoms with van der Waals surface area (Å²) in [6.07, 6.45) is 46.6. The lowest BCUT2D eigenvalue weighted by Gasteiger charge is -2.03. The lowest BCUT2D eigenvalue weighted by molar-refractivity contribution is 0.532. The van der Waals surface area contributed by atoms with Crippen LogP contribution in [0.5, 0.6) is 0 Å². The van der Waals surface area contributed by atoms with Gasteiger partial charge < -0.3 is 0 Å². The summed E-state index contributed by atoms with van der Waals surface area (Å²) in [5, 5.41) is 2.37. The zero-order valence-corrected chi connectivity index (χ0v) is 30.0. The van der Waals surface area contributed by atoms with Crippen LogP contribution in [0.2, 0.25) is 0 Å². The van der Waals surface area contributed by atoms with Crippen LogP contribution in [0.1, 0.15) is 219 Å². The molecular weight excluding hydrogens is 592 g/mol. The van der Waals surface area contributed by atoms with Crippen molar-refractivity contribution in [2.45, 2.75) is 219 Å². The average molecular weight is 667 g/mol. The highest BCUT2D eigenvalue weighted by atomic mass is 79.9. The van der Waals surface area contributed by atoms with Gasteiger partial charge in [0, 0.05) is 10.7 Å². The van der Waals surface area contributed by atoms with Crippen LogP contribution in [-0.2, 0) is 0 Å². The molecule has 0 atom stereocenters. The molecule has 0 amide bonds. The van der Waals surface area contributed by atoms with E-state index in [1.54, 1.807) is 0 Å². The van der Waals surface area contributed by atoms with Crippen LogP contribution in [0.15, 0.2) is 0 Å². The molecule has 0 aliphatic heterocycles. The summed E-state index contributed by atoms with van der Waals surface area (Å²) >= 11 is 6.98. The SMILES string of the molecule is CCCCCCCCCCCCCCCCCCBr.CCCCCCCCCCCCCCCCCCBr. The van der Waals surface area contributed by atoms with E-state index in [4.69, 9.17) is 0 Å². The Morgan fingerprint density at radius 1 is 0.211 bits per heavy atom. The summed E-state index contributed by atoms with van der Waals surface area (Å²) in [7, 11) is 0. The molecule has 38 heavy (non-hydrogen) atoms. The Balaban J connectivity index is 0. The van der Waals surface area contributed by atoms with E-state index in [2.05, 4.69) is 45.7 Å². The van der Waals surface area contributed by atoms with Crippen molar-refractivity contribution in [3.8, 4) is 0 Å². The Labute approximate surface area is 260 Å². The average Bonchev–Trinajstić information content (AvgIpc) is 2.93. The number of hydrogen-bond donors (Lipinski definition) is 0. The van der Waals surface area contributed by atoms with E-state index in [-0.39, 0.29) is 0 Å². The molecule has 0 bridgehead atoms. The first-order valence-electron chi connectivity index (χ1n) is 17.9. The van der Waals surface area contributed by atoms with Crippen LogP contribution < -0.4 is 0 Å². The van der Waals surface area contributed by atoms with Gasteiger partial charge in [0.25, 0.3) is 0 Å². The van der Waals surface area contributed by atoms with Crippen molar-refractivity contribution in [2.24, 2.45) is 0 Å². The summed E-state index contributed by atoms with van der Waals surface area (Å²) in [6.45, 7) is 4.59. The second kappa shape index (κ2) is 42.4. The molecule has 232 valence electrons. The summed E-state index contributed by atoms with van der Waals surface area (Å²) in [4.78, 5) is 0. The third-order valence-corrected chi connectivity index (χ3v) is 9.10. The van der Waals surface area contributed by atoms with E-state index >= 15 is 0 Å². The van der Waals surface area contributed by atoms with Crippen LogP contribution >= 0.6 is 31.9 Å². The topological polar surface area (TPSA) is 0 Å². The first-order valence-corrected chi connectivity index (χ1v) is 20.2. The summed E-state index contributed by atoms with van der Waals surface area (Å²) in [5.41, 5.74) is 0. The lowest BCUT2D eigenvalue weighted by Crippen LogP contribution is -1.83. The van der Waals surface area contributed by atoms with Crippen LogP contribution in [0.4, 0.5) is 0 Å². The third kappa shape index (κ3) is 44.0. The largest absolute Gasteiger partial charge is 0.0928 e. The van der Waals surface area contributed by atoms with Crippen molar-refractivity contribution in [1.29, 1.82) is 0 Å². The highest BCUT2D eigenvalue weighted by Gasteiger charge is 1.95. The van der Waals surface area contributed by atoms with Gasteiger partial charge in [-0.1, -0.05) is 238 Å². The van der Waals surface area contributed by atoms with Gasteiger partial charge in [-0.05, 0) is 12.8 Å². The summed E-state index contributed by atoms with van der Waals surface area (Å²) < 4.78 is 0. The Kier molecular flexibility index (Phi) is 45.9. The van der Waals surface area contributed by atoms with Gasteiger partial charge in [0.1, 0.15) is 0 Å². The normalized spacial score (nSPS) is 11.1. The van der Waals surface area contributed by atoms with Gasteiger partial charge in [0.15, 0.2) is 0 Å². The fourth-order valence-corrected chi connectivity index (χ4v) is 6.08. The van der Waals surface area contributed by atoms with Gasteiger partial charge in [-0.3, -0.25) is 0 Å². The maximum Gasteiger partial charge on any atom is 0.00313 e. The summed E-state index contributed by atoms with van der Waals surface area (Å²) in [6, 6.07) is 0. The molecule has 0 aromatic carbocycles. The molecule has 0 saturated carbocycles. The van der Waals surface area contributed by atoms with E-state index < -0.39 is 0 Å². The molecule has 0 aromatic heterocycles. The van der Waals surface area contributed by atoms with E-state index in [0.29, 0.717) is 0 Å². The Morgan fingerprint density at radius 3 is 0.474 bits per heavy atom. The molecule has 0 aliphatic carbocycles. The molecule has 0 saturated heterocycles. The monoisotopic (exact) mass is 664 g/mol. The fourth-order valence-electron chi connectivity index (χ4n) is 5.29. The number of unbranched alkanes of at least 4 members (excludes halogenated alkanes) is 30. The smallest absolute Gasteiger partial charge is 0.00313 e. The van der Waals surface area contributed by atoms with Crippen molar-refractivity contribution in [3.05, 3.63) is 0 Å². The van der Waals surface area contributed by atoms with E-state index in [1.165, 1.54) is 216 Å². The van der Waals surface area contributed by atoms with Crippen LogP contribution in [-0.4, -0.2) is 10.7 Å². The van der Waals surface area contributed by atoms with Gasteiger partial charge in [-0.2, -0.15) is 0 Å². The molecule has 0 radical (unpaired) electrons. The Morgan fingerprint density at radius 2 is 0.342 bits per heavy atom. The minimum atomic E-state index is 1.19. The van der Waals surface area contributed by atoms with Crippen molar-refractivity contribution in [3.63, 3.8) is 0 Å². The number of alkyl halides is 2. The Hall–Kier alpha value is 0.960. The van der Waals surface area contributed by atoms with Crippen molar-refractivity contribution in [2.75, 3.05) is 10.7 Å². The number of hydrogen-bond acceptors (Lipinski definition) is 0. The second-order valence-corrected chi connectivity index (χ2v) is 13.6. The molecule has 0 N–H and O–H groups in total. The highest BCUT2D eigenvalue weighted by Crippen LogP contribution is 2.15. The predicted molar refractivity (Wildman–Crippen MR) is 187 cm³/mol. The quantitative estimate of drug-likeness (QED) is 0.0495. The molecule has 0 spiro atoms. The first kappa shape index (κ1) is 41.1. The van der Waals surface area contributed by atoms with Gasteiger partial charge >= 0.3 is 0 Å². The summed E-state index contributed by atoms with van der Waals surface area (Å²) in [5.74, 6) is 0. The van der Waals surface area contributed by atoms with Gasteiger partial charge in [-0.25, -0.2) is 0 Å². The highest BCUT2D eigenvalue weighted by molar-refractivity contribution is 9.09. The van der Waals surface area contributed by atoms with Crippen LogP contribution in [0.25, 0.3) is 0 Å². The second-order valence-electron chi connectivity index (χ2n) is 12.0. The van der Waals surface area contributed by atoms with E-state index in [1.807, 2.05) is 0 Å². The maximum atomic E-state index is 3.49. The Bertz CT molecular complexity index is 291. The standard InChI is InChI=1S/2C18H37Br/c2*1-2-3-4-5-6-7-8-9-10-11-12-13-14-15-16-17-18-19/h2*2-18H2,1H3. The van der Waals surface area contributed by atoms with Crippen LogP contribution in [0, 0.1) is 0 Å². The zero-order chi connectivity index (χ0) is 28.0. The number of rotatable bonds is 32. The van der Waals surface area contributed by atoms with E-state index in [9.17, 15) is 0 Å². The van der Waals surface area contributed by atoms with Crippen molar-refractivity contribution in [1.82, 2.24) is 0 Å². The van der Waals surface area contributed by atoms with Gasteiger partial charge in [0.05, 0.1) is 0 Å². The fraction of sp³-hybridized carbons (Fsp3) is 1.00. The molecule has 0 fully saturated rings. The maximum absolute atomic E-state index is 3.49. The molecule has 0 heterocycles. The number of halogens is 2. The zero-order valence-electron chi connectivity index (χ0n) is 26.8. The molecule has 0 aromatic rings. The lowest BCUT2D eigenvalue weighted by atomic mass is 10.0. The van der Waals surface area contributed by atoms with E-state index in [0.717, 1.165) is 0 Å². The van der Waals surface area contributed by atoms with Gasteiger partial charge in [-0.15, -0.1) is 0 Å². The predicted octanol–water partition coefficient (Wildman–Crippen LogP) is 15.3. The molecule has 0 aliphatic rings. The van der Waals surface area contributed by atoms with Crippen LogP contribution in [0.3, 0.4) is 0 Å². The molecule has 0 rings (SSSR count).